The minimum atomic E-state index is 0.403. The molecule has 0 saturated heterocycles. The molecule has 1 atom stereocenters. The Morgan fingerprint density at radius 2 is 1.79 bits per heavy atom. The normalized spacial score (nSPS) is 12.3. The molecule has 0 bridgehead atoms. The third-order valence-corrected chi connectivity index (χ3v) is 5.10. The Kier molecular flexibility index (Phi) is 7.26. The highest BCUT2D eigenvalue weighted by Crippen LogP contribution is 2.29. The lowest BCUT2D eigenvalue weighted by Gasteiger charge is -2.21. The molecule has 0 aliphatic heterocycles. The Hall–Kier alpha value is -2.59. The van der Waals surface area contributed by atoms with E-state index in [0.717, 1.165) is 54.1 Å². The smallest absolute Gasteiger partial charge is 0.128 e. The number of aromatic nitrogens is 1. The third-order valence-electron chi connectivity index (χ3n) is 5.10. The van der Waals surface area contributed by atoms with E-state index in [9.17, 15) is 0 Å². The van der Waals surface area contributed by atoms with Gasteiger partial charge in [0.25, 0.3) is 0 Å². The summed E-state index contributed by atoms with van der Waals surface area (Å²) >= 11 is 0. The Balaban J connectivity index is 1.69. The molecule has 4 nitrogen and oxygen atoms in total. The maximum Gasteiger partial charge on any atom is 0.128 e. The molecule has 0 saturated carbocycles. The summed E-state index contributed by atoms with van der Waals surface area (Å²) in [6.07, 6.45) is 4.20. The summed E-state index contributed by atoms with van der Waals surface area (Å²) in [6, 6.07) is 18.4. The van der Waals surface area contributed by atoms with Gasteiger partial charge >= 0.3 is 0 Å². The SMILES string of the molecule is CCN(CC)CCC[C@@H](C)Nc1ccnc2ccc(Oc3ccccc3)cc12. The molecular weight excluding hydrogens is 346 g/mol. The minimum Gasteiger partial charge on any atom is -0.457 e. The van der Waals surface area contributed by atoms with Gasteiger partial charge < -0.3 is 15.0 Å². The summed E-state index contributed by atoms with van der Waals surface area (Å²) in [6.45, 7) is 10.1. The molecule has 0 fully saturated rings. The molecule has 1 N–H and O–H groups in total. The van der Waals surface area contributed by atoms with E-state index in [1.807, 2.05) is 48.7 Å². The predicted octanol–water partition coefficient (Wildman–Crippen LogP) is 5.95. The lowest BCUT2D eigenvalue weighted by molar-refractivity contribution is 0.295. The number of nitrogens with zero attached hydrogens (tertiary/aromatic N) is 2. The van der Waals surface area contributed by atoms with Crippen molar-refractivity contribution in [1.82, 2.24) is 9.88 Å². The van der Waals surface area contributed by atoms with Crippen molar-refractivity contribution in [3.05, 3.63) is 60.8 Å². The monoisotopic (exact) mass is 377 g/mol. The van der Waals surface area contributed by atoms with Crippen molar-refractivity contribution in [3.8, 4) is 11.5 Å². The molecule has 3 aromatic rings. The third kappa shape index (κ3) is 5.46. The molecule has 28 heavy (non-hydrogen) atoms. The van der Waals surface area contributed by atoms with E-state index >= 15 is 0 Å². The fourth-order valence-corrected chi connectivity index (χ4v) is 3.44. The number of nitrogens with one attached hydrogen (secondary N) is 1. The fraction of sp³-hybridized carbons (Fsp3) is 0.375. The molecule has 1 aromatic heterocycles. The van der Waals surface area contributed by atoms with Gasteiger partial charge in [-0.25, -0.2) is 0 Å². The highest BCUT2D eigenvalue weighted by molar-refractivity contribution is 5.92. The Bertz CT molecular complexity index is 862. The number of hydrogen-bond acceptors (Lipinski definition) is 4. The highest BCUT2D eigenvalue weighted by atomic mass is 16.5. The van der Waals surface area contributed by atoms with E-state index in [2.05, 4.69) is 48.1 Å². The van der Waals surface area contributed by atoms with Gasteiger partial charge in [-0.2, -0.15) is 0 Å². The van der Waals surface area contributed by atoms with Crippen LogP contribution in [0.1, 0.15) is 33.6 Å². The van der Waals surface area contributed by atoms with Gasteiger partial charge in [0.1, 0.15) is 11.5 Å². The second-order valence-corrected chi connectivity index (χ2v) is 7.17. The number of fused-ring (bicyclic) bond motifs is 1. The topological polar surface area (TPSA) is 37.4 Å². The number of rotatable bonds is 10. The van der Waals surface area contributed by atoms with Crippen LogP contribution in [0.15, 0.2) is 60.8 Å². The van der Waals surface area contributed by atoms with Crippen LogP contribution < -0.4 is 10.1 Å². The molecular formula is C24H31N3O. The van der Waals surface area contributed by atoms with E-state index in [4.69, 9.17) is 4.74 Å². The van der Waals surface area contributed by atoms with Gasteiger partial charge in [-0.15, -0.1) is 0 Å². The summed E-state index contributed by atoms with van der Waals surface area (Å²) in [5.74, 6) is 1.66. The Labute approximate surface area is 168 Å². The molecule has 0 aliphatic carbocycles. The van der Waals surface area contributed by atoms with Crippen molar-refractivity contribution in [2.24, 2.45) is 0 Å². The first-order chi connectivity index (χ1) is 13.7. The van der Waals surface area contributed by atoms with E-state index in [1.54, 1.807) is 0 Å². The molecule has 1 heterocycles. The van der Waals surface area contributed by atoms with Gasteiger partial charge in [0.15, 0.2) is 0 Å². The maximum atomic E-state index is 6.00. The Morgan fingerprint density at radius 1 is 1.00 bits per heavy atom. The molecule has 0 aliphatic rings. The number of anilines is 1. The summed E-state index contributed by atoms with van der Waals surface area (Å²) in [7, 11) is 0. The van der Waals surface area contributed by atoms with Gasteiger partial charge in [-0.1, -0.05) is 32.0 Å². The molecule has 0 spiro atoms. The standard InChI is InChI=1S/C24H31N3O/c1-4-27(5-2)17-9-10-19(3)26-24-15-16-25-23-14-13-21(18-22(23)24)28-20-11-7-6-8-12-20/h6-8,11-16,18-19H,4-5,9-10,17H2,1-3H3,(H,25,26)/t19-/m1/s1. The van der Waals surface area contributed by atoms with Crippen LogP contribution in [-0.2, 0) is 0 Å². The van der Waals surface area contributed by atoms with Crippen molar-refractivity contribution < 1.29 is 4.74 Å². The van der Waals surface area contributed by atoms with Crippen molar-refractivity contribution in [2.45, 2.75) is 39.7 Å². The summed E-state index contributed by atoms with van der Waals surface area (Å²) < 4.78 is 6.00. The van der Waals surface area contributed by atoms with Crippen LogP contribution in [0.3, 0.4) is 0 Å². The first-order valence-electron chi connectivity index (χ1n) is 10.3. The number of ether oxygens (including phenoxy) is 1. The van der Waals surface area contributed by atoms with Crippen LogP contribution in [0.5, 0.6) is 11.5 Å². The van der Waals surface area contributed by atoms with Crippen LogP contribution in [0.25, 0.3) is 10.9 Å². The average molecular weight is 378 g/mol. The van der Waals surface area contributed by atoms with Crippen LogP contribution in [-0.4, -0.2) is 35.6 Å². The molecule has 148 valence electrons. The Morgan fingerprint density at radius 3 is 2.54 bits per heavy atom. The van der Waals surface area contributed by atoms with Crippen LogP contribution >= 0.6 is 0 Å². The fourth-order valence-electron chi connectivity index (χ4n) is 3.44. The van der Waals surface area contributed by atoms with Crippen molar-refractivity contribution >= 4 is 16.6 Å². The van der Waals surface area contributed by atoms with Gasteiger partial charge in [-0.3, -0.25) is 4.98 Å². The van der Waals surface area contributed by atoms with Crippen LogP contribution in [0.2, 0.25) is 0 Å². The van der Waals surface area contributed by atoms with Crippen molar-refractivity contribution in [1.29, 1.82) is 0 Å². The van der Waals surface area contributed by atoms with E-state index in [-0.39, 0.29) is 0 Å². The van der Waals surface area contributed by atoms with E-state index < -0.39 is 0 Å². The second-order valence-electron chi connectivity index (χ2n) is 7.17. The van der Waals surface area contributed by atoms with Gasteiger partial charge in [0.05, 0.1) is 5.52 Å². The predicted molar refractivity (Wildman–Crippen MR) is 118 cm³/mol. The second kappa shape index (κ2) is 10.1. The van der Waals surface area contributed by atoms with Crippen molar-refractivity contribution in [2.75, 3.05) is 25.0 Å². The largest absolute Gasteiger partial charge is 0.457 e. The van der Waals surface area contributed by atoms with E-state index in [0.29, 0.717) is 6.04 Å². The zero-order valence-corrected chi connectivity index (χ0v) is 17.2. The number of para-hydroxylation sites is 1. The van der Waals surface area contributed by atoms with Gasteiger partial charge in [0, 0.05) is 23.3 Å². The lowest BCUT2D eigenvalue weighted by atomic mass is 10.1. The average Bonchev–Trinajstić information content (AvgIpc) is 2.72. The minimum absolute atomic E-state index is 0.403. The molecule has 4 heteroatoms. The lowest BCUT2D eigenvalue weighted by Crippen LogP contribution is -2.25. The molecule has 2 aromatic carbocycles. The van der Waals surface area contributed by atoms with Crippen molar-refractivity contribution in [3.63, 3.8) is 0 Å². The number of hydrogen-bond donors (Lipinski definition) is 1. The number of pyridine rings is 1. The first-order valence-corrected chi connectivity index (χ1v) is 10.3. The molecule has 0 unspecified atom stereocenters. The zero-order valence-electron chi connectivity index (χ0n) is 17.2. The van der Waals surface area contributed by atoms with Crippen LogP contribution in [0.4, 0.5) is 5.69 Å². The summed E-state index contributed by atoms with van der Waals surface area (Å²) in [5.41, 5.74) is 2.08. The van der Waals surface area contributed by atoms with Gasteiger partial charge in [-0.05, 0) is 75.8 Å². The highest BCUT2D eigenvalue weighted by Gasteiger charge is 2.09. The first kappa shape index (κ1) is 20.2. The zero-order chi connectivity index (χ0) is 19.8. The molecule has 3 rings (SSSR count). The summed E-state index contributed by atoms with van der Waals surface area (Å²) in [5, 5.41) is 4.76. The molecule has 0 radical (unpaired) electrons. The number of benzene rings is 2. The maximum absolute atomic E-state index is 6.00. The van der Waals surface area contributed by atoms with Crippen LogP contribution in [0, 0.1) is 0 Å². The summed E-state index contributed by atoms with van der Waals surface area (Å²) in [4.78, 5) is 6.98. The quantitative estimate of drug-likeness (QED) is 0.474. The van der Waals surface area contributed by atoms with Gasteiger partial charge in [0.2, 0.25) is 0 Å². The van der Waals surface area contributed by atoms with E-state index in [1.165, 1.54) is 6.42 Å². The molecule has 0 amide bonds.